The molecule has 44 heavy (non-hydrogen) atoms. The number of pyridine rings is 1. The van der Waals surface area contributed by atoms with Gasteiger partial charge in [-0.1, -0.05) is 29.8 Å². The van der Waals surface area contributed by atoms with Crippen molar-refractivity contribution in [1.29, 1.82) is 0 Å². The van der Waals surface area contributed by atoms with Crippen LogP contribution in [0.25, 0.3) is 16.6 Å². The van der Waals surface area contributed by atoms with E-state index in [0.29, 0.717) is 47.8 Å². The Morgan fingerprint density at radius 2 is 1.68 bits per heavy atom. The number of rotatable bonds is 6. The number of nitrogens with zero attached hydrogens (tertiary/aromatic N) is 5. The zero-order valence-corrected chi connectivity index (χ0v) is 26.3. The first-order valence-corrected chi connectivity index (χ1v) is 16.7. The van der Waals surface area contributed by atoms with Crippen molar-refractivity contribution in [3.8, 4) is 5.69 Å². The van der Waals surface area contributed by atoms with Gasteiger partial charge < -0.3 is 19.7 Å². The number of carbonyl (C=O) groups excluding carboxylic acids is 2. The quantitative estimate of drug-likeness (QED) is 0.322. The van der Waals surface area contributed by atoms with Crippen LogP contribution in [-0.4, -0.2) is 102 Å². The first-order chi connectivity index (χ1) is 21.1. The van der Waals surface area contributed by atoms with Crippen molar-refractivity contribution >= 4 is 44.2 Å². The normalized spacial score (nSPS) is 18.2. The Labute approximate surface area is 262 Å². The zero-order chi connectivity index (χ0) is 31.0. The van der Waals surface area contributed by atoms with Gasteiger partial charge in [0, 0.05) is 69.0 Å². The molecule has 1 atom stereocenters. The number of carbonyl (C=O) groups is 2. The molecule has 2 aromatic heterocycles. The Morgan fingerprint density at radius 1 is 0.932 bits per heavy atom. The topological polar surface area (TPSA) is 108 Å². The van der Waals surface area contributed by atoms with E-state index in [2.05, 4.69) is 29.0 Å². The maximum atomic E-state index is 14.4. The summed E-state index contributed by atoms with van der Waals surface area (Å²) < 4.78 is 29.2. The first kappa shape index (κ1) is 30.3. The lowest BCUT2D eigenvalue weighted by molar-refractivity contribution is 0.0595. The Kier molecular flexibility index (Phi) is 8.47. The molecular formula is C32H35ClN6O4S. The number of hydrogen-bond acceptors (Lipinski definition) is 7. The van der Waals surface area contributed by atoms with Gasteiger partial charge in [0.1, 0.15) is 10.8 Å². The van der Waals surface area contributed by atoms with E-state index in [9.17, 15) is 18.0 Å². The minimum atomic E-state index is -3.87. The van der Waals surface area contributed by atoms with Gasteiger partial charge in [-0.25, -0.2) is 13.4 Å². The van der Waals surface area contributed by atoms with Gasteiger partial charge in [0.05, 0.1) is 16.1 Å². The van der Waals surface area contributed by atoms with Crippen LogP contribution in [0, 0.1) is 0 Å². The van der Waals surface area contributed by atoms with Gasteiger partial charge in [0.2, 0.25) is 9.84 Å². The number of benzene rings is 2. The third-order valence-electron chi connectivity index (χ3n) is 8.45. The summed E-state index contributed by atoms with van der Waals surface area (Å²) in [4.78, 5) is 37.8. The number of halogens is 1. The molecule has 6 rings (SSSR count). The predicted molar refractivity (Wildman–Crippen MR) is 170 cm³/mol. The number of fused-ring (bicyclic) bond motifs is 1. The molecule has 0 radical (unpaired) electrons. The van der Waals surface area contributed by atoms with Crippen molar-refractivity contribution in [2.75, 3.05) is 45.8 Å². The largest absolute Gasteiger partial charge is 0.336 e. The first-order valence-electron chi connectivity index (χ1n) is 14.8. The van der Waals surface area contributed by atoms with Crippen molar-refractivity contribution in [3.05, 3.63) is 89.3 Å². The maximum Gasteiger partial charge on any atom is 0.272 e. The molecule has 4 aromatic rings. The van der Waals surface area contributed by atoms with Crippen molar-refractivity contribution in [3.63, 3.8) is 0 Å². The van der Waals surface area contributed by atoms with Crippen molar-refractivity contribution in [2.24, 2.45) is 0 Å². The molecule has 0 bridgehead atoms. The van der Waals surface area contributed by atoms with E-state index in [1.165, 1.54) is 4.90 Å². The highest BCUT2D eigenvalue weighted by Crippen LogP contribution is 2.30. The molecule has 2 aliphatic rings. The monoisotopic (exact) mass is 634 g/mol. The molecule has 1 N–H and O–H groups in total. The highest BCUT2D eigenvalue weighted by Gasteiger charge is 2.39. The van der Waals surface area contributed by atoms with E-state index in [1.54, 1.807) is 71.4 Å². The lowest BCUT2D eigenvalue weighted by Gasteiger charge is -2.37. The van der Waals surface area contributed by atoms with Gasteiger partial charge >= 0.3 is 0 Å². The maximum absolute atomic E-state index is 14.4. The Balaban J connectivity index is 1.40. The molecule has 0 aliphatic carbocycles. The fourth-order valence-electron chi connectivity index (χ4n) is 6.04. The molecule has 2 aliphatic heterocycles. The van der Waals surface area contributed by atoms with Crippen LogP contribution in [0.4, 0.5) is 0 Å². The van der Waals surface area contributed by atoms with E-state index in [-0.39, 0.29) is 34.7 Å². The molecule has 12 heteroatoms. The minimum Gasteiger partial charge on any atom is -0.336 e. The third-order valence-corrected chi connectivity index (χ3v) is 10.7. The van der Waals surface area contributed by atoms with E-state index >= 15 is 0 Å². The van der Waals surface area contributed by atoms with Crippen LogP contribution in [0.15, 0.2) is 77.8 Å². The van der Waals surface area contributed by atoms with E-state index in [1.807, 2.05) is 11.0 Å². The number of nitrogens with one attached hydrogen (secondary N) is 1. The van der Waals surface area contributed by atoms with Crippen molar-refractivity contribution < 1.29 is 18.0 Å². The van der Waals surface area contributed by atoms with E-state index in [4.69, 9.17) is 11.6 Å². The van der Waals surface area contributed by atoms with Gasteiger partial charge in [0.15, 0.2) is 5.37 Å². The molecule has 230 valence electrons. The van der Waals surface area contributed by atoms with Gasteiger partial charge in [-0.2, -0.15) is 0 Å². The predicted octanol–water partition coefficient (Wildman–Crippen LogP) is 3.69. The van der Waals surface area contributed by atoms with Crippen LogP contribution in [0.3, 0.4) is 0 Å². The second-order valence-corrected chi connectivity index (χ2v) is 13.9. The van der Waals surface area contributed by atoms with Crippen LogP contribution in [0.5, 0.6) is 0 Å². The van der Waals surface area contributed by atoms with Gasteiger partial charge in [-0.3, -0.25) is 14.5 Å². The molecule has 1 unspecified atom stereocenters. The summed E-state index contributed by atoms with van der Waals surface area (Å²) in [6.45, 7) is 8.02. The molecule has 2 amide bonds. The lowest BCUT2D eigenvalue weighted by atomic mass is 10.1. The Hall–Kier alpha value is -3.77. The molecule has 2 aromatic carbocycles. The fourth-order valence-corrected chi connectivity index (χ4v) is 7.93. The molecular weight excluding hydrogens is 600 g/mol. The molecule has 2 fully saturated rings. The van der Waals surface area contributed by atoms with E-state index in [0.717, 1.165) is 13.1 Å². The highest BCUT2D eigenvalue weighted by atomic mass is 35.5. The number of amides is 2. The number of aromatic nitrogens is 2. The summed E-state index contributed by atoms with van der Waals surface area (Å²) in [5.74, 6) is -0.489. The highest BCUT2D eigenvalue weighted by molar-refractivity contribution is 7.92. The summed E-state index contributed by atoms with van der Waals surface area (Å²) in [6, 6.07) is 19.1. The summed E-state index contributed by atoms with van der Waals surface area (Å²) in [5, 5.41) is 2.98. The van der Waals surface area contributed by atoms with Crippen LogP contribution in [0.2, 0.25) is 5.15 Å². The van der Waals surface area contributed by atoms with E-state index < -0.39 is 21.1 Å². The average molecular weight is 635 g/mol. The van der Waals surface area contributed by atoms with Gasteiger partial charge in [-0.05, 0) is 62.4 Å². The number of piperazine rings is 2. The average Bonchev–Trinajstić information content (AvgIpc) is 3.43. The number of sulfone groups is 1. The van der Waals surface area contributed by atoms with Gasteiger partial charge in [-0.15, -0.1) is 0 Å². The fraction of sp³-hybridized carbons (Fsp3) is 0.344. The molecule has 10 nitrogen and oxygen atoms in total. The van der Waals surface area contributed by atoms with Crippen molar-refractivity contribution in [1.82, 2.24) is 29.6 Å². The SMILES string of the molecule is CC(C)N1CCN(C(=O)c2ccc3c(c2)cc(C(=O)N2CCNCC2S(=O)(=O)c2ccccc2)n3-c2ccnc(Cl)c2)CC1. The second kappa shape index (κ2) is 12.3. The third kappa shape index (κ3) is 5.72. The standard InChI is InChI=1S/C32H35ClN6O4S/c1-22(2)36-14-16-37(17-15-36)31(40)23-8-9-27-24(18-23)19-28(39(27)25-10-11-35-29(33)20-25)32(41)38-13-12-34-21-30(38)44(42,43)26-6-4-3-5-7-26/h3-11,18-20,22,30,34H,12-17,21H2,1-2H3. The summed E-state index contributed by atoms with van der Waals surface area (Å²) in [5.41, 5.74) is 2.10. The lowest BCUT2D eigenvalue weighted by Crippen LogP contribution is -2.57. The zero-order valence-electron chi connectivity index (χ0n) is 24.7. The minimum absolute atomic E-state index is 0.0565. The van der Waals surface area contributed by atoms with Crippen LogP contribution in [0.1, 0.15) is 34.7 Å². The van der Waals surface area contributed by atoms with Crippen LogP contribution >= 0.6 is 11.6 Å². The summed E-state index contributed by atoms with van der Waals surface area (Å²) >= 11 is 6.27. The molecule has 4 heterocycles. The van der Waals surface area contributed by atoms with Crippen molar-refractivity contribution in [2.45, 2.75) is 30.2 Å². The summed E-state index contributed by atoms with van der Waals surface area (Å²) in [6.07, 6.45) is 1.56. The Morgan fingerprint density at radius 3 is 2.39 bits per heavy atom. The Bertz CT molecular complexity index is 1800. The van der Waals surface area contributed by atoms with Crippen LogP contribution in [-0.2, 0) is 9.84 Å². The number of hydrogen-bond donors (Lipinski definition) is 1. The summed E-state index contributed by atoms with van der Waals surface area (Å²) in [7, 11) is -3.87. The smallest absolute Gasteiger partial charge is 0.272 e. The van der Waals surface area contributed by atoms with Gasteiger partial charge in [0.25, 0.3) is 11.8 Å². The van der Waals surface area contributed by atoms with Crippen LogP contribution < -0.4 is 5.32 Å². The second-order valence-electron chi connectivity index (χ2n) is 11.4. The molecule has 2 saturated heterocycles. The molecule has 0 saturated carbocycles. The molecule has 0 spiro atoms.